The first-order valence-electron chi connectivity index (χ1n) is 7.40. The number of benzene rings is 1. The lowest BCUT2D eigenvalue weighted by atomic mass is 9.96. The average Bonchev–Trinajstić information content (AvgIpc) is 2.48. The van der Waals surface area contributed by atoms with Crippen LogP contribution in [-0.4, -0.2) is 25.7 Å². The Morgan fingerprint density at radius 3 is 2.67 bits per heavy atom. The normalized spacial score (nSPS) is 15.9. The molecule has 0 bridgehead atoms. The Morgan fingerprint density at radius 2 is 2.10 bits per heavy atom. The molecule has 0 aromatic heterocycles. The minimum Gasteiger partial charge on any atom is -0.466 e. The predicted molar refractivity (Wildman–Crippen MR) is 90.4 cm³/mol. The highest BCUT2D eigenvalue weighted by Crippen LogP contribution is 2.32. The van der Waals surface area contributed by atoms with Gasteiger partial charge in [0.25, 0.3) is 0 Å². The Labute approximate surface area is 135 Å². The third kappa shape index (κ3) is 3.88. The zero-order valence-electron chi connectivity index (χ0n) is 12.7. The van der Waals surface area contributed by atoms with E-state index in [1.807, 2.05) is 13.8 Å². The topological polar surface area (TPSA) is 29.5 Å². The number of anilines is 1. The number of nitrogens with zero attached hydrogens (tertiary/aromatic N) is 1. The second kappa shape index (κ2) is 7.12. The quantitative estimate of drug-likeness (QED) is 0.759. The fraction of sp³-hybridized carbons (Fsp3) is 0.471. The molecule has 0 aliphatic carbocycles. The Kier molecular flexibility index (Phi) is 5.45. The van der Waals surface area contributed by atoms with Crippen LogP contribution in [0.25, 0.3) is 5.57 Å². The van der Waals surface area contributed by atoms with E-state index in [1.165, 1.54) is 5.69 Å². The summed E-state index contributed by atoms with van der Waals surface area (Å²) in [7, 11) is 0. The molecule has 2 rings (SSSR count). The number of carbonyl (C=O) groups is 1. The molecule has 0 N–H and O–H groups in total. The van der Waals surface area contributed by atoms with Crippen molar-refractivity contribution >= 4 is 33.2 Å². The standard InChI is InChI=1S/C17H22BrNO2/c1-4-21-17(20)13-7-9-19(10-8-13)16-11-14(12(2)3)5-6-15(16)18/h5-6,11,13H,2,4,7-10H2,1,3H3. The Morgan fingerprint density at radius 1 is 1.43 bits per heavy atom. The van der Waals surface area contributed by atoms with Crippen LogP contribution in [0.3, 0.4) is 0 Å². The molecule has 1 fully saturated rings. The van der Waals surface area contributed by atoms with Gasteiger partial charge in [0, 0.05) is 17.6 Å². The molecule has 0 radical (unpaired) electrons. The molecule has 0 spiro atoms. The zero-order valence-corrected chi connectivity index (χ0v) is 14.3. The lowest BCUT2D eigenvalue weighted by Crippen LogP contribution is -2.37. The SMILES string of the molecule is C=C(C)c1ccc(Br)c(N2CCC(C(=O)OCC)CC2)c1. The first-order valence-corrected chi connectivity index (χ1v) is 8.19. The van der Waals surface area contributed by atoms with E-state index >= 15 is 0 Å². The van der Waals surface area contributed by atoms with E-state index in [-0.39, 0.29) is 11.9 Å². The smallest absolute Gasteiger partial charge is 0.309 e. The van der Waals surface area contributed by atoms with Crippen molar-refractivity contribution in [2.75, 3.05) is 24.6 Å². The fourth-order valence-electron chi connectivity index (χ4n) is 2.64. The first-order chi connectivity index (χ1) is 10.0. The van der Waals surface area contributed by atoms with Gasteiger partial charge in [-0.15, -0.1) is 0 Å². The van der Waals surface area contributed by atoms with Gasteiger partial charge in [-0.3, -0.25) is 4.79 Å². The van der Waals surface area contributed by atoms with Gasteiger partial charge in [-0.2, -0.15) is 0 Å². The van der Waals surface area contributed by atoms with E-state index in [2.05, 4.69) is 45.6 Å². The van der Waals surface area contributed by atoms with Gasteiger partial charge in [0.1, 0.15) is 0 Å². The molecule has 0 saturated carbocycles. The van der Waals surface area contributed by atoms with Crippen LogP contribution in [0.4, 0.5) is 5.69 Å². The van der Waals surface area contributed by atoms with Gasteiger partial charge in [-0.05, 0) is 60.3 Å². The summed E-state index contributed by atoms with van der Waals surface area (Å²) in [5.41, 5.74) is 3.39. The number of piperidine rings is 1. The molecule has 1 heterocycles. The van der Waals surface area contributed by atoms with E-state index < -0.39 is 0 Å². The number of esters is 1. The molecule has 21 heavy (non-hydrogen) atoms. The Bertz CT molecular complexity index is 534. The third-order valence-electron chi connectivity index (χ3n) is 3.89. The number of ether oxygens (including phenoxy) is 1. The van der Waals surface area contributed by atoms with Crippen molar-refractivity contribution in [3.8, 4) is 0 Å². The summed E-state index contributed by atoms with van der Waals surface area (Å²) in [6.07, 6.45) is 1.70. The number of rotatable bonds is 4. The maximum atomic E-state index is 11.8. The highest BCUT2D eigenvalue weighted by atomic mass is 79.9. The second-order valence-electron chi connectivity index (χ2n) is 5.46. The summed E-state index contributed by atoms with van der Waals surface area (Å²) in [6.45, 7) is 10.1. The van der Waals surface area contributed by atoms with Crippen LogP contribution in [0.2, 0.25) is 0 Å². The molecule has 1 aromatic carbocycles. The van der Waals surface area contributed by atoms with Crippen molar-refractivity contribution in [1.29, 1.82) is 0 Å². The summed E-state index contributed by atoms with van der Waals surface area (Å²) in [4.78, 5) is 14.1. The van der Waals surface area contributed by atoms with Crippen molar-refractivity contribution < 1.29 is 9.53 Å². The lowest BCUT2D eigenvalue weighted by Gasteiger charge is -2.33. The molecule has 0 unspecified atom stereocenters. The van der Waals surface area contributed by atoms with Crippen LogP contribution < -0.4 is 4.90 Å². The van der Waals surface area contributed by atoms with Crippen LogP contribution in [-0.2, 0) is 9.53 Å². The van der Waals surface area contributed by atoms with Gasteiger partial charge >= 0.3 is 5.97 Å². The summed E-state index contributed by atoms with van der Waals surface area (Å²) < 4.78 is 6.20. The molecule has 1 aliphatic rings. The fourth-order valence-corrected chi connectivity index (χ4v) is 3.13. The minimum atomic E-state index is -0.0492. The van der Waals surface area contributed by atoms with E-state index in [4.69, 9.17) is 4.74 Å². The number of carbonyl (C=O) groups excluding carboxylic acids is 1. The highest BCUT2D eigenvalue weighted by Gasteiger charge is 2.26. The molecule has 114 valence electrons. The zero-order chi connectivity index (χ0) is 15.4. The van der Waals surface area contributed by atoms with Gasteiger partial charge in [-0.25, -0.2) is 0 Å². The van der Waals surface area contributed by atoms with Gasteiger partial charge in [0.15, 0.2) is 0 Å². The molecule has 1 aromatic rings. The maximum Gasteiger partial charge on any atom is 0.309 e. The van der Waals surface area contributed by atoms with Crippen LogP contribution in [0.1, 0.15) is 32.3 Å². The van der Waals surface area contributed by atoms with Gasteiger partial charge < -0.3 is 9.64 Å². The molecule has 0 atom stereocenters. The highest BCUT2D eigenvalue weighted by molar-refractivity contribution is 9.10. The average molecular weight is 352 g/mol. The maximum absolute atomic E-state index is 11.8. The van der Waals surface area contributed by atoms with Gasteiger partial charge in [-0.1, -0.05) is 18.2 Å². The predicted octanol–water partition coefficient (Wildman–Crippen LogP) is 4.26. The molecular formula is C17H22BrNO2. The molecule has 0 amide bonds. The first kappa shape index (κ1) is 16.1. The van der Waals surface area contributed by atoms with Crippen LogP contribution in [0.5, 0.6) is 0 Å². The second-order valence-corrected chi connectivity index (χ2v) is 6.31. The van der Waals surface area contributed by atoms with Crippen molar-refractivity contribution in [2.45, 2.75) is 26.7 Å². The van der Waals surface area contributed by atoms with Crippen molar-refractivity contribution in [2.24, 2.45) is 5.92 Å². The van der Waals surface area contributed by atoms with Crippen molar-refractivity contribution in [1.82, 2.24) is 0 Å². The monoisotopic (exact) mass is 351 g/mol. The summed E-state index contributed by atoms with van der Waals surface area (Å²) in [5, 5.41) is 0. The summed E-state index contributed by atoms with van der Waals surface area (Å²) >= 11 is 3.62. The van der Waals surface area contributed by atoms with Crippen LogP contribution in [0, 0.1) is 5.92 Å². The van der Waals surface area contributed by atoms with E-state index in [0.717, 1.165) is 41.5 Å². The lowest BCUT2D eigenvalue weighted by molar-refractivity contribution is -0.148. The summed E-state index contributed by atoms with van der Waals surface area (Å²) in [6, 6.07) is 6.30. The van der Waals surface area contributed by atoms with E-state index in [1.54, 1.807) is 0 Å². The van der Waals surface area contributed by atoms with Gasteiger partial charge in [0.05, 0.1) is 18.2 Å². The number of halogens is 1. The minimum absolute atomic E-state index is 0.0456. The number of allylic oxidation sites excluding steroid dienone is 1. The Balaban J connectivity index is 2.07. The molecule has 3 nitrogen and oxygen atoms in total. The molecule has 1 aliphatic heterocycles. The van der Waals surface area contributed by atoms with Crippen LogP contribution >= 0.6 is 15.9 Å². The van der Waals surface area contributed by atoms with E-state index in [9.17, 15) is 4.79 Å². The van der Waals surface area contributed by atoms with Crippen LogP contribution in [0.15, 0.2) is 29.3 Å². The van der Waals surface area contributed by atoms with Crippen molar-refractivity contribution in [3.63, 3.8) is 0 Å². The molecular weight excluding hydrogens is 330 g/mol. The number of hydrogen-bond acceptors (Lipinski definition) is 3. The molecule has 4 heteroatoms. The largest absolute Gasteiger partial charge is 0.466 e. The van der Waals surface area contributed by atoms with E-state index in [0.29, 0.717) is 6.61 Å². The number of hydrogen-bond donors (Lipinski definition) is 0. The summed E-state index contributed by atoms with van der Waals surface area (Å²) in [5.74, 6) is -0.00352. The molecule has 1 saturated heterocycles. The van der Waals surface area contributed by atoms with Crippen molar-refractivity contribution in [3.05, 3.63) is 34.8 Å². The third-order valence-corrected chi connectivity index (χ3v) is 4.57. The Hall–Kier alpha value is -1.29. The van der Waals surface area contributed by atoms with Gasteiger partial charge in [0.2, 0.25) is 0 Å².